The van der Waals surface area contributed by atoms with E-state index in [0.29, 0.717) is 5.46 Å². The van der Waals surface area contributed by atoms with Crippen LogP contribution in [0.2, 0.25) is 0 Å². The zero-order valence-corrected chi connectivity index (χ0v) is 13.6. The highest BCUT2D eigenvalue weighted by atomic mass is 16.4. The summed E-state index contributed by atoms with van der Waals surface area (Å²) < 4.78 is 0. The highest BCUT2D eigenvalue weighted by Crippen LogP contribution is 2.26. The highest BCUT2D eigenvalue weighted by molar-refractivity contribution is 6.64. The summed E-state index contributed by atoms with van der Waals surface area (Å²) in [5.74, 6) is 0. The molecule has 0 spiro atoms. The average Bonchev–Trinajstić information content (AvgIpc) is 2.68. The van der Waals surface area contributed by atoms with Gasteiger partial charge in [-0.25, -0.2) is 0 Å². The number of rotatable bonds is 3. The van der Waals surface area contributed by atoms with Gasteiger partial charge in [0.25, 0.3) is 0 Å². The first-order valence-electron chi connectivity index (χ1n) is 8.28. The van der Waals surface area contributed by atoms with E-state index in [4.69, 9.17) is 0 Å². The van der Waals surface area contributed by atoms with Gasteiger partial charge in [0.1, 0.15) is 0 Å². The standard InChI is InChI=1S/C22H17BO2/c24-23(25)22-20-9-5-4-8-18(20)14-15-21(22)19-12-10-17(11-13-19)16-6-2-1-3-7-16/h1-15,24-25H. The molecule has 120 valence electrons. The Labute approximate surface area is 147 Å². The second kappa shape index (κ2) is 6.56. The summed E-state index contributed by atoms with van der Waals surface area (Å²) in [6, 6.07) is 30.1. The van der Waals surface area contributed by atoms with E-state index in [9.17, 15) is 10.0 Å². The second-order valence-electron chi connectivity index (χ2n) is 6.06. The summed E-state index contributed by atoms with van der Waals surface area (Å²) in [4.78, 5) is 0. The fourth-order valence-electron chi connectivity index (χ4n) is 3.30. The highest BCUT2D eigenvalue weighted by Gasteiger charge is 2.20. The molecule has 2 nitrogen and oxygen atoms in total. The number of hydrogen-bond donors (Lipinski definition) is 2. The summed E-state index contributed by atoms with van der Waals surface area (Å²) in [7, 11) is -1.52. The van der Waals surface area contributed by atoms with Crippen molar-refractivity contribution in [2.75, 3.05) is 0 Å². The molecular formula is C22H17BO2. The third-order valence-corrected chi connectivity index (χ3v) is 4.53. The predicted octanol–water partition coefficient (Wildman–Crippen LogP) is 3.85. The molecule has 0 radical (unpaired) electrons. The third kappa shape index (κ3) is 2.96. The molecule has 4 aromatic carbocycles. The third-order valence-electron chi connectivity index (χ3n) is 4.53. The molecule has 4 aromatic rings. The number of hydrogen-bond acceptors (Lipinski definition) is 2. The van der Waals surface area contributed by atoms with Gasteiger partial charge in [-0.15, -0.1) is 0 Å². The van der Waals surface area contributed by atoms with E-state index in [0.717, 1.165) is 33.0 Å². The topological polar surface area (TPSA) is 40.5 Å². The minimum atomic E-state index is -1.52. The number of benzene rings is 4. The van der Waals surface area contributed by atoms with Crippen LogP contribution in [0.3, 0.4) is 0 Å². The van der Waals surface area contributed by atoms with Crippen molar-refractivity contribution in [2.24, 2.45) is 0 Å². The molecule has 2 N–H and O–H groups in total. The van der Waals surface area contributed by atoms with Crippen LogP contribution in [-0.2, 0) is 0 Å². The zero-order chi connectivity index (χ0) is 17.2. The smallest absolute Gasteiger partial charge is 0.423 e. The zero-order valence-electron chi connectivity index (χ0n) is 13.6. The molecule has 0 unspecified atom stereocenters. The van der Waals surface area contributed by atoms with E-state index in [1.54, 1.807) is 0 Å². The molecule has 4 rings (SSSR count). The van der Waals surface area contributed by atoms with Gasteiger partial charge in [-0.2, -0.15) is 0 Å². The van der Waals surface area contributed by atoms with Crippen molar-refractivity contribution in [1.29, 1.82) is 0 Å². The van der Waals surface area contributed by atoms with Gasteiger partial charge in [-0.3, -0.25) is 0 Å². The lowest BCUT2D eigenvalue weighted by Gasteiger charge is -2.13. The van der Waals surface area contributed by atoms with Crippen LogP contribution in [0.4, 0.5) is 0 Å². The fourth-order valence-corrected chi connectivity index (χ4v) is 3.30. The van der Waals surface area contributed by atoms with E-state index in [1.165, 1.54) is 0 Å². The van der Waals surface area contributed by atoms with E-state index < -0.39 is 7.12 Å². The lowest BCUT2D eigenvalue weighted by atomic mass is 9.72. The summed E-state index contributed by atoms with van der Waals surface area (Å²) in [6.45, 7) is 0. The molecule has 0 aliphatic carbocycles. The molecule has 0 saturated carbocycles. The lowest BCUT2D eigenvalue weighted by molar-refractivity contribution is 0.426. The van der Waals surface area contributed by atoms with Crippen molar-refractivity contribution in [1.82, 2.24) is 0 Å². The Bertz CT molecular complexity index is 1010. The van der Waals surface area contributed by atoms with Crippen LogP contribution in [0, 0.1) is 0 Å². The van der Waals surface area contributed by atoms with Gasteiger partial charge in [0, 0.05) is 0 Å². The molecule has 0 heterocycles. The molecule has 0 bridgehead atoms. The van der Waals surface area contributed by atoms with Gasteiger partial charge in [0.15, 0.2) is 0 Å². The molecule has 0 aliphatic rings. The summed E-state index contributed by atoms with van der Waals surface area (Å²) in [6.07, 6.45) is 0. The van der Waals surface area contributed by atoms with Crippen molar-refractivity contribution < 1.29 is 10.0 Å². The molecule has 0 saturated heterocycles. The summed E-state index contributed by atoms with van der Waals surface area (Å²) in [5, 5.41) is 21.8. The fraction of sp³-hybridized carbons (Fsp3) is 0. The Kier molecular flexibility index (Phi) is 4.10. The molecule has 25 heavy (non-hydrogen) atoms. The monoisotopic (exact) mass is 324 g/mol. The molecular weight excluding hydrogens is 307 g/mol. The average molecular weight is 324 g/mol. The Morgan fingerprint density at radius 1 is 0.520 bits per heavy atom. The maximum atomic E-state index is 9.95. The van der Waals surface area contributed by atoms with Crippen molar-refractivity contribution in [3.8, 4) is 22.3 Å². The summed E-state index contributed by atoms with van der Waals surface area (Å²) >= 11 is 0. The predicted molar refractivity (Wildman–Crippen MR) is 105 cm³/mol. The Morgan fingerprint density at radius 2 is 1.12 bits per heavy atom. The van der Waals surface area contributed by atoms with E-state index in [-0.39, 0.29) is 0 Å². The van der Waals surface area contributed by atoms with Gasteiger partial charge in [-0.05, 0) is 38.5 Å². The maximum absolute atomic E-state index is 9.95. The first-order valence-corrected chi connectivity index (χ1v) is 8.28. The summed E-state index contributed by atoms with van der Waals surface area (Å²) in [5.41, 5.74) is 4.65. The Balaban J connectivity index is 1.83. The van der Waals surface area contributed by atoms with Crippen molar-refractivity contribution in [3.05, 3.63) is 91.0 Å². The van der Waals surface area contributed by atoms with Crippen molar-refractivity contribution in [2.45, 2.75) is 0 Å². The minimum Gasteiger partial charge on any atom is -0.423 e. The molecule has 3 heteroatoms. The first kappa shape index (κ1) is 15.6. The van der Waals surface area contributed by atoms with Crippen LogP contribution < -0.4 is 5.46 Å². The Hall–Kier alpha value is -2.88. The maximum Gasteiger partial charge on any atom is 0.489 e. The van der Waals surface area contributed by atoms with Crippen LogP contribution >= 0.6 is 0 Å². The quantitative estimate of drug-likeness (QED) is 0.562. The van der Waals surface area contributed by atoms with E-state index in [2.05, 4.69) is 24.3 Å². The number of fused-ring (bicyclic) bond motifs is 1. The van der Waals surface area contributed by atoms with Gasteiger partial charge >= 0.3 is 7.12 Å². The van der Waals surface area contributed by atoms with Crippen LogP contribution in [0.15, 0.2) is 91.0 Å². The molecule has 0 atom stereocenters. The van der Waals surface area contributed by atoms with Crippen LogP contribution in [0.1, 0.15) is 0 Å². The lowest BCUT2D eigenvalue weighted by Crippen LogP contribution is -2.32. The minimum absolute atomic E-state index is 0.547. The van der Waals surface area contributed by atoms with Gasteiger partial charge in [-0.1, -0.05) is 91.0 Å². The van der Waals surface area contributed by atoms with Gasteiger partial charge in [0.05, 0.1) is 0 Å². The Morgan fingerprint density at radius 3 is 1.84 bits per heavy atom. The van der Waals surface area contributed by atoms with Crippen LogP contribution in [0.5, 0.6) is 0 Å². The van der Waals surface area contributed by atoms with Crippen molar-refractivity contribution >= 4 is 23.4 Å². The normalized spacial score (nSPS) is 10.8. The van der Waals surface area contributed by atoms with Crippen molar-refractivity contribution in [3.63, 3.8) is 0 Å². The van der Waals surface area contributed by atoms with Crippen LogP contribution in [-0.4, -0.2) is 17.2 Å². The first-order chi connectivity index (χ1) is 12.2. The molecule has 0 fully saturated rings. The SMILES string of the molecule is OB(O)c1c(-c2ccc(-c3ccccc3)cc2)ccc2ccccc12. The van der Waals surface area contributed by atoms with E-state index in [1.807, 2.05) is 66.7 Å². The van der Waals surface area contributed by atoms with Crippen LogP contribution in [0.25, 0.3) is 33.0 Å². The van der Waals surface area contributed by atoms with Gasteiger partial charge < -0.3 is 10.0 Å². The van der Waals surface area contributed by atoms with Gasteiger partial charge in [0.2, 0.25) is 0 Å². The second-order valence-corrected chi connectivity index (χ2v) is 6.06. The van der Waals surface area contributed by atoms with E-state index >= 15 is 0 Å². The molecule has 0 amide bonds. The largest absolute Gasteiger partial charge is 0.489 e. The molecule has 0 aromatic heterocycles. The molecule has 0 aliphatic heterocycles.